The number of pyridine rings is 1. The molecule has 7 rings (SSSR count). The van der Waals surface area contributed by atoms with Gasteiger partial charge in [-0.15, -0.1) is 0 Å². The number of benzene rings is 4. The summed E-state index contributed by atoms with van der Waals surface area (Å²) in [5.74, 6) is 1.26. The standard InChI is InChI=1S/C38H31N3O/c1-25-19-21-29(22-20-25)38(40-26(2)28-12-4-3-5-13-28)39-24-27-11-10-14-30(23-27)36-35-32-16-7-9-18-34(32)42-37(35)31-15-6-8-17-33(31)41-36/h3-19,21-26H,20H2,1-2H3/b39-24-,40-38-. The number of amidine groups is 1. The molecule has 204 valence electrons. The van der Waals surface area contributed by atoms with Crippen LogP contribution >= 0.6 is 0 Å². The van der Waals surface area contributed by atoms with Crippen molar-refractivity contribution >= 4 is 44.9 Å². The molecule has 2 atom stereocenters. The van der Waals surface area contributed by atoms with Crippen LogP contribution < -0.4 is 0 Å². The molecule has 0 saturated carbocycles. The summed E-state index contributed by atoms with van der Waals surface area (Å²) in [5.41, 5.74) is 7.77. The van der Waals surface area contributed by atoms with Crippen LogP contribution in [0.1, 0.15) is 37.4 Å². The molecule has 4 aromatic carbocycles. The molecule has 4 nitrogen and oxygen atoms in total. The molecule has 42 heavy (non-hydrogen) atoms. The van der Waals surface area contributed by atoms with Crippen LogP contribution in [0.2, 0.25) is 0 Å². The van der Waals surface area contributed by atoms with Crippen LogP contribution in [0.3, 0.4) is 0 Å². The van der Waals surface area contributed by atoms with Crippen molar-refractivity contribution in [2.24, 2.45) is 15.9 Å². The van der Waals surface area contributed by atoms with Gasteiger partial charge < -0.3 is 4.42 Å². The van der Waals surface area contributed by atoms with Crippen molar-refractivity contribution in [3.63, 3.8) is 0 Å². The monoisotopic (exact) mass is 545 g/mol. The average Bonchev–Trinajstić information content (AvgIpc) is 3.44. The quantitative estimate of drug-likeness (QED) is 0.160. The second kappa shape index (κ2) is 11.1. The highest BCUT2D eigenvalue weighted by atomic mass is 16.3. The number of rotatable bonds is 5. The summed E-state index contributed by atoms with van der Waals surface area (Å²) in [6.45, 7) is 4.34. The van der Waals surface area contributed by atoms with Crippen LogP contribution in [0.5, 0.6) is 0 Å². The van der Waals surface area contributed by atoms with E-state index in [0.29, 0.717) is 5.92 Å². The summed E-state index contributed by atoms with van der Waals surface area (Å²) >= 11 is 0. The molecule has 6 aromatic rings. The fraction of sp³-hybridized carbons (Fsp3) is 0.132. The number of fused-ring (bicyclic) bond motifs is 5. The topological polar surface area (TPSA) is 50.8 Å². The predicted octanol–water partition coefficient (Wildman–Crippen LogP) is 9.90. The predicted molar refractivity (Wildman–Crippen MR) is 175 cm³/mol. The van der Waals surface area contributed by atoms with Gasteiger partial charge >= 0.3 is 0 Å². The highest BCUT2D eigenvalue weighted by Crippen LogP contribution is 2.39. The first-order valence-electron chi connectivity index (χ1n) is 14.5. The maximum Gasteiger partial charge on any atom is 0.154 e. The Balaban J connectivity index is 1.31. The maximum atomic E-state index is 6.39. The van der Waals surface area contributed by atoms with Gasteiger partial charge in [0.05, 0.1) is 22.6 Å². The summed E-state index contributed by atoms with van der Waals surface area (Å²) < 4.78 is 6.39. The zero-order valence-corrected chi connectivity index (χ0v) is 23.7. The normalized spacial score (nSPS) is 16.5. The summed E-state index contributed by atoms with van der Waals surface area (Å²) in [6, 6.07) is 35.1. The number of allylic oxidation sites excluding steroid dienone is 2. The number of hydrogen-bond acceptors (Lipinski definition) is 3. The molecule has 0 bridgehead atoms. The van der Waals surface area contributed by atoms with Crippen molar-refractivity contribution in [2.75, 3.05) is 0 Å². The molecule has 0 saturated heterocycles. The second-order valence-corrected chi connectivity index (χ2v) is 10.9. The van der Waals surface area contributed by atoms with Crippen molar-refractivity contribution in [3.05, 3.63) is 138 Å². The molecule has 1 aliphatic rings. The molecule has 0 N–H and O–H groups in total. The minimum Gasteiger partial charge on any atom is -0.455 e. The van der Waals surface area contributed by atoms with E-state index in [1.165, 1.54) is 5.56 Å². The molecular formula is C38H31N3O. The van der Waals surface area contributed by atoms with Crippen LogP contribution in [0.15, 0.2) is 141 Å². The first-order valence-corrected chi connectivity index (χ1v) is 14.5. The lowest BCUT2D eigenvalue weighted by Gasteiger charge is -2.14. The van der Waals surface area contributed by atoms with E-state index in [9.17, 15) is 0 Å². The molecule has 0 radical (unpaired) electrons. The van der Waals surface area contributed by atoms with E-state index in [4.69, 9.17) is 19.4 Å². The van der Waals surface area contributed by atoms with E-state index in [1.807, 2.05) is 48.7 Å². The number of hydrogen-bond donors (Lipinski definition) is 0. The lowest BCUT2D eigenvalue weighted by molar-refractivity contribution is 0.672. The van der Waals surface area contributed by atoms with Gasteiger partial charge in [0.1, 0.15) is 11.2 Å². The zero-order chi connectivity index (χ0) is 28.5. The third kappa shape index (κ3) is 4.97. The van der Waals surface area contributed by atoms with Crippen molar-refractivity contribution in [1.29, 1.82) is 0 Å². The lowest BCUT2D eigenvalue weighted by Crippen LogP contribution is -2.06. The second-order valence-electron chi connectivity index (χ2n) is 10.9. The van der Waals surface area contributed by atoms with Gasteiger partial charge in [0.2, 0.25) is 0 Å². The van der Waals surface area contributed by atoms with Crippen LogP contribution in [0.4, 0.5) is 0 Å². The van der Waals surface area contributed by atoms with Crippen LogP contribution in [-0.2, 0) is 0 Å². The van der Waals surface area contributed by atoms with Crippen molar-refractivity contribution in [3.8, 4) is 11.3 Å². The van der Waals surface area contributed by atoms with Gasteiger partial charge in [-0.2, -0.15) is 0 Å². The van der Waals surface area contributed by atoms with Crippen LogP contribution in [0, 0.1) is 5.92 Å². The Morgan fingerprint density at radius 2 is 1.69 bits per heavy atom. The van der Waals surface area contributed by atoms with Gasteiger partial charge in [-0.1, -0.05) is 104 Å². The molecule has 1 aliphatic carbocycles. The number of aromatic nitrogens is 1. The van der Waals surface area contributed by atoms with Crippen LogP contribution in [-0.4, -0.2) is 17.0 Å². The Bertz CT molecular complexity index is 2050. The van der Waals surface area contributed by atoms with Crippen molar-refractivity contribution in [1.82, 2.24) is 4.98 Å². The van der Waals surface area contributed by atoms with Gasteiger partial charge in [0, 0.05) is 28.1 Å². The van der Waals surface area contributed by atoms with Crippen molar-refractivity contribution in [2.45, 2.75) is 26.3 Å². The third-order valence-electron chi connectivity index (χ3n) is 7.88. The summed E-state index contributed by atoms with van der Waals surface area (Å²) in [5, 5.41) is 3.11. The van der Waals surface area contributed by atoms with Crippen molar-refractivity contribution < 1.29 is 4.42 Å². The highest BCUT2D eigenvalue weighted by Gasteiger charge is 2.18. The molecule has 0 amide bonds. The molecular weight excluding hydrogens is 514 g/mol. The fourth-order valence-electron chi connectivity index (χ4n) is 5.59. The van der Waals surface area contributed by atoms with E-state index >= 15 is 0 Å². The molecule has 0 fully saturated rings. The highest BCUT2D eigenvalue weighted by molar-refractivity contribution is 6.19. The maximum absolute atomic E-state index is 6.39. The Morgan fingerprint density at radius 1 is 0.905 bits per heavy atom. The molecule has 0 aliphatic heterocycles. The SMILES string of the molecule is CC1C=CC(C(/N=C\c2cccc(-c3nc4ccccc4c4oc5ccccc5c34)c2)=N/C(C)c2ccccc2)=CC1. The summed E-state index contributed by atoms with van der Waals surface area (Å²) in [7, 11) is 0. The fourth-order valence-corrected chi connectivity index (χ4v) is 5.59. The van der Waals surface area contributed by atoms with E-state index in [2.05, 4.69) is 92.7 Å². The summed E-state index contributed by atoms with van der Waals surface area (Å²) in [6.07, 6.45) is 9.53. The lowest BCUT2D eigenvalue weighted by atomic mass is 9.98. The minimum absolute atomic E-state index is 0.0113. The minimum atomic E-state index is -0.0113. The number of nitrogens with zero attached hydrogens (tertiary/aromatic N) is 3. The first-order chi connectivity index (χ1) is 20.6. The van der Waals surface area contributed by atoms with Gasteiger partial charge in [0.15, 0.2) is 5.84 Å². The smallest absolute Gasteiger partial charge is 0.154 e. The molecule has 2 unspecified atom stereocenters. The molecule has 4 heteroatoms. The first kappa shape index (κ1) is 25.8. The average molecular weight is 546 g/mol. The largest absolute Gasteiger partial charge is 0.455 e. The van der Waals surface area contributed by atoms with E-state index in [1.54, 1.807) is 0 Å². The molecule has 0 spiro atoms. The van der Waals surface area contributed by atoms with Gasteiger partial charge in [0.25, 0.3) is 0 Å². The molecule has 2 heterocycles. The van der Waals surface area contributed by atoms with Gasteiger partial charge in [-0.05, 0) is 54.7 Å². The Kier molecular flexibility index (Phi) is 6.81. The van der Waals surface area contributed by atoms with E-state index in [-0.39, 0.29) is 6.04 Å². The number of furan rings is 1. The molecule has 2 aromatic heterocycles. The van der Waals surface area contributed by atoms with E-state index in [0.717, 1.165) is 67.5 Å². The third-order valence-corrected chi connectivity index (χ3v) is 7.88. The Hall–Kier alpha value is -5.09. The van der Waals surface area contributed by atoms with Gasteiger partial charge in [-0.25, -0.2) is 9.98 Å². The number of aliphatic imine (C=N–C) groups is 2. The van der Waals surface area contributed by atoms with E-state index < -0.39 is 0 Å². The van der Waals surface area contributed by atoms with Crippen LogP contribution in [0.25, 0.3) is 44.1 Å². The Labute approximate surface area is 245 Å². The number of para-hydroxylation sites is 2. The Morgan fingerprint density at radius 3 is 2.52 bits per heavy atom. The summed E-state index contributed by atoms with van der Waals surface area (Å²) in [4.78, 5) is 15.2. The van der Waals surface area contributed by atoms with Gasteiger partial charge in [-0.3, -0.25) is 4.99 Å². The zero-order valence-electron chi connectivity index (χ0n) is 23.7.